The standard InChI is InChI=1S/C25H26N2O4/c1-18-13-20-9-5-6-10-22(20)27(18)15-21-14-23(28)24(16-30-21)31-17-25(29)26-12-11-19-7-3-2-4-8-19/h2-10,14,16,18H,11-13,15,17H2,1H3,(H,26,29)/t18-/m1/s1. The van der Waals surface area contributed by atoms with Gasteiger partial charge in [-0.1, -0.05) is 48.5 Å². The van der Waals surface area contributed by atoms with Crippen LogP contribution in [0.2, 0.25) is 0 Å². The lowest BCUT2D eigenvalue weighted by atomic mass is 10.1. The van der Waals surface area contributed by atoms with Crippen molar-refractivity contribution in [2.75, 3.05) is 18.1 Å². The van der Waals surface area contributed by atoms with Gasteiger partial charge in [-0.3, -0.25) is 9.59 Å². The molecule has 6 nitrogen and oxygen atoms in total. The van der Waals surface area contributed by atoms with E-state index in [2.05, 4.69) is 29.3 Å². The first-order valence-electron chi connectivity index (χ1n) is 10.5. The molecule has 0 unspecified atom stereocenters. The van der Waals surface area contributed by atoms with E-state index in [0.717, 1.165) is 18.4 Å². The van der Waals surface area contributed by atoms with Crippen molar-refractivity contribution in [3.05, 3.63) is 94.0 Å². The molecule has 1 aliphatic rings. The van der Waals surface area contributed by atoms with E-state index in [1.165, 1.54) is 23.6 Å². The predicted molar refractivity (Wildman–Crippen MR) is 119 cm³/mol. The molecule has 0 fully saturated rings. The van der Waals surface area contributed by atoms with Crippen molar-refractivity contribution < 1.29 is 13.9 Å². The maximum atomic E-state index is 12.4. The van der Waals surface area contributed by atoms with Crippen molar-refractivity contribution in [2.24, 2.45) is 0 Å². The van der Waals surface area contributed by atoms with Crippen molar-refractivity contribution in [3.63, 3.8) is 0 Å². The Kier molecular flexibility index (Phi) is 6.36. The van der Waals surface area contributed by atoms with E-state index in [-0.39, 0.29) is 23.7 Å². The maximum absolute atomic E-state index is 12.4. The van der Waals surface area contributed by atoms with Crippen LogP contribution < -0.4 is 20.4 Å². The highest BCUT2D eigenvalue weighted by atomic mass is 16.5. The zero-order chi connectivity index (χ0) is 21.6. The number of benzene rings is 2. The number of nitrogens with zero attached hydrogens (tertiary/aromatic N) is 1. The van der Waals surface area contributed by atoms with E-state index in [1.54, 1.807) is 0 Å². The molecule has 4 rings (SSSR count). The molecule has 0 aliphatic carbocycles. The number of para-hydroxylation sites is 1. The molecular formula is C25H26N2O4. The molecule has 0 spiro atoms. The second-order valence-electron chi connectivity index (χ2n) is 7.76. The van der Waals surface area contributed by atoms with Crippen LogP contribution in [0.3, 0.4) is 0 Å². The molecule has 0 saturated heterocycles. The number of rotatable bonds is 8. The Morgan fingerprint density at radius 1 is 1.16 bits per heavy atom. The van der Waals surface area contributed by atoms with Crippen LogP contribution in [0.15, 0.2) is 76.1 Å². The average Bonchev–Trinajstić information content (AvgIpc) is 3.09. The lowest BCUT2D eigenvalue weighted by Gasteiger charge is -2.24. The molecule has 31 heavy (non-hydrogen) atoms. The minimum Gasteiger partial charge on any atom is -0.477 e. The third-order valence-electron chi connectivity index (χ3n) is 5.46. The Morgan fingerprint density at radius 3 is 2.74 bits per heavy atom. The number of carbonyl (C=O) groups excluding carboxylic acids is 1. The van der Waals surface area contributed by atoms with Gasteiger partial charge < -0.3 is 19.4 Å². The molecule has 2 heterocycles. The number of amides is 1. The van der Waals surface area contributed by atoms with Crippen LogP contribution in [0.1, 0.15) is 23.8 Å². The normalized spacial score (nSPS) is 14.9. The molecule has 1 amide bonds. The van der Waals surface area contributed by atoms with Crippen LogP contribution >= 0.6 is 0 Å². The van der Waals surface area contributed by atoms with Crippen LogP contribution in [-0.4, -0.2) is 25.1 Å². The monoisotopic (exact) mass is 418 g/mol. The molecule has 2 aromatic carbocycles. The summed E-state index contributed by atoms with van der Waals surface area (Å²) in [6, 6.07) is 20.0. The number of carbonyl (C=O) groups is 1. The molecule has 0 radical (unpaired) electrons. The van der Waals surface area contributed by atoms with Crippen LogP contribution in [0.4, 0.5) is 5.69 Å². The van der Waals surface area contributed by atoms with E-state index < -0.39 is 0 Å². The van der Waals surface area contributed by atoms with Crippen LogP contribution in [-0.2, 0) is 24.2 Å². The van der Waals surface area contributed by atoms with Gasteiger partial charge in [-0.15, -0.1) is 0 Å². The first kappa shape index (κ1) is 20.7. The lowest BCUT2D eigenvalue weighted by molar-refractivity contribution is -0.123. The topological polar surface area (TPSA) is 71.8 Å². The third-order valence-corrected chi connectivity index (χ3v) is 5.46. The molecule has 160 valence electrons. The van der Waals surface area contributed by atoms with Crippen molar-refractivity contribution in [2.45, 2.75) is 32.4 Å². The van der Waals surface area contributed by atoms with Gasteiger partial charge in [-0.2, -0.15) is 0 Å². The summed E-state index contributed by atoms with van der Waals surface area (Å²) in [7, 11) is 0. The molecule has 6 heteroatoms. The molecule has 1 aliphatic heterocycles. The summed E-state index contributed by atoms with van der Waals surface area (Å²) in [6.45, 7) is 2.95. The van der Waals surface area contributed by atoms with Crippen molar-refractivity contribution in [1.82, 2.24) is 5.32 Å². The quantitative estimate of drug-likeness (QED) is 0.608. The van der Waals surface area contributed by atoms with E-state index >= 15 is 0 Å². The Hall–Kier alpha value is -3.54. The van der Waals surface area contributed by atoms with Gasteiger partial charge >= 0.3 is 0 Å². The van der Waals surface area contributed by atoms with Gasteiger partial charge in [0.1, 0.15) is 12.0 Å². The Bertz CT molecular complexity index is 1090. The lowest BCUT2D eigenvalue weighted by Crippen LogP contribution is -2.31. The number of hydrogen-bond acceptors (Lipinski definition) is 5. The minimum atomic E-state index is -0.293. The molecule has 1 atom stereocenters. The molecule has 3 aromatic rings. The van der Waals surface area contributed by atoms with Crippen molar-refractivity contribution >= 4 is 11.6 Å². The van der Waals surface area contributed by atoms with Gasteiger partial charge in [0, 0.05) is 24.3 Å². The van der Waals surface area contributed by atoms with Gasteiger partial charge in [0.2, 0.25) is 11.2 Å². The highest BCUT2D eigenvalue weighted by Gasteiger charge is 2.26. The minimum absolute atomic E-state index is 0.0387. The zero-order valence-corrected chi connectivity index (χ0v) is 17.5. The van der Waals surface area contributed by atoms with Crippen molar-refractivity contribution in [1.29, 1.82) is 0 Å². The van der Waals surface area contributed by atoms with Crippen LogP contribution in [0.25, 0.3) is 0 Å². The van der Waals surface area contributed by atoms with E-state index in [0.29, 0.717) is 24.9 Å². The van der Waals surface area contributed by atoms with E-state index in [4.69, 9.17) is 9.15 Å². The molecule has 1 N–H and O–H groups in total. The number of fused-ring (bicyclic) bond motifs is 1. The van der Waals surface area contributed by atoms with Crippen LogP contribution in [0.5, 0.6) is 5.75 Å². The Labute approximate surface area is 181 Å². The van der Waals surface area contributed by atoms with Crippen molar-refractivity contribution in [3.8, 4) is 5.75 Å². The average molecular weight is 418 g/mol. The SMILES string of the molecule is C[C@@H]1Cc2ccccc2N1Cc1cc(=O)c(OCC(=O)NCCc2ccccc2)co1. The van der Waals surface area contributed by atoms with E-state index in [1.807, 2.05) is 42.5 Å². The summed E-state index contributed by atoms with van der Waals surface area (Å²) in [6.07, 6.45) is 3.00. The van der Waals surface area contributed by atoms with Crippen LogP contribution in [0, 0.1) is 0 Å². The second-order valence-corrected chi connectivity index (χ2v) is 7.76. The van der Waals surface area contributed by atoms with Gasteiger partial charge in [-0.25, -0.2) is 0 Å². The summed E-state index contributed by atoms with van der Waals surface area (Å²) in [5.41, 5.74) is 3.33. The predicted octanol–water partition coefficient (Wildman–Crippen LogP) is 3.33. The summed E-state index contributed by atoms with van der Waals surface area (Å²) >= 11 is 0. The highest BCUT2D eigenvalue weighted by Crippen LogP contribution is 2.32. The summed E-state index contributed by atoms with van der Waals surface area (Å²) < 4.78 is 11.0. The Balaban J connectivity index is 1.29. The van der Waals surface area contributed by atoms with E-state index in [9.17, 15) is 9.59 Å². The number of hydrogen-bond donors (Lipinski definition) is 1. The Morgan fingerprint density at radius 2 is 1.94 bits per heavy atom. The maximum Gasteiger partial charge on any atom is 0.257 e. The molecule has 0 bridgehead atoms. The summed E-state index contributed by atoms with van der Waals surface area (Å²) in [5, 5.41) is 2.79. The van der Waals surface area contributed by atoms with Gasteiger partial charge in [0.05, 0.1) is 6.54 Å². The number of anilines is 1. The first-order chi connectivity index (χ1) is 15.1. The first-order valence-corrected chi connectivity index (χ1v) is 10.5. The molecule has 0 saturated carbocycles. The second kappa shape index (κ2) is 9.51. The fourth-order valence-electron chi connectivity index (χ4n) is 3.85. The van der Waals surface area contributed by atoms with Gasteiger partial charge in [0.25, 0.3) is 5.91 Å². The third kappa shape index (κ3) is 5.15. The summed E-state index contributed by atoms with van der Waals surface area (Å²) in [5.74, 6) is 0.326. The van der Waals surface area contributed by atoms with Gasteiger partial charge in [0.15, 0.2) is 6.61 Å². The fourth-order valence-corrected chi connectivity index (χ4v) is 3.85. The smallest absolute Gasteiger partial charge is 0.257 e. The fraction of sp³-hybridized carbons (Fsp3) is 0.280. The largest absolute Gasteiger partial charge is 0.477 e. The number of ether oxygens (including phenoxy) is 1. The number of nitrogens with one attached hydrogen (secondary N) is 1. The van der Waals surface area contributed by atoms with Gasteiger partial charge in [-0.05, 0) is 37.0 Å². The summed E-state index contributed by atoms with van der Waals surface area (Å²) in [4.78, 5) is 26.6. The molecule has 1 aromatic heterocycles. The zero-order valence-electron chi connectivity index (χ0n) is 17.5. The highest BCUT2D eigenvalue weighted by molar-refractivity contribution is 5.77. The molecular weight excluding hydrogens is 392 g/mol.